The van der Waals surface area contributed by atoms with Crippen molar-refractivity contribution in [3.05, 3.63) is 65.6 Å². The van der Waals surface area contributed by atoms with Gasteiger partial charge in [-0.1, -0.05) is 18.2 Å². The molecule has 2 fully saturated rings. The van der Waals surface area contributed by atoms with Crippen molar-refractivity contribution in [2.24, 2.45) is 11.8 Å². The first kappa shape index (κ1) is 21.0. The van der Waals surface area contributed by atoms with Crippen LogP contribution in [0.1, 0.15) is 11.1 Å². The molecule has 0 unspecified atom stereocenters. The van der Waals surface area contributed by atoms with E-state index < -0.39 is 41.0 Å². The maximum atomic E-state index is 14.3. The number of methoxy groups -OCH3 is 1. The first-order valence-electron chi connectivity index (χ1n) is 11.2. The second-order valence-electron chi connectivity index (χ2n) is 9.09. The van der Waals surface area contributed by atoms with Crippen molar-refractivity contribution in [2.75, 3.05) is 25.6 Å². The van der Waals surface area contributed by atoms with Gasteiger partial charge in [0.05, 0.1) is 25.0 Å². The van der Waals surface area contributed by atoms with Gasteiger partial charge in [0.2, 0.25) is 17.7 Å². The molecule has 2 aromatic carbocycles. The minimum absolute atomic E-state index is 0.106. The van der Waals surface area contributed by atoms with Crippen LogP contribution in [0, 0.1) is 17.7 Å². The van der Waals surface area contributed by atoms with Gasteiger partial charge in [0, 0.05) is 41.5 Å². The van der Waals surface area contributed by atoms with Crippen LogP contribution in [0.15, 0.2) is 48.7 Å². The van der Waals surface area contributed by atoms with Gasteiger partial charge in [-0.3, -0.25) is 24.6 Å². The lowest BCUT2D eigenvalue weighted by Gasteiger charge is -2.29. The molecule has 3 aliphatic heterocycles. The standard InChI is InChI=1S/C25H23FN4O4/c1-34-9-8-30-22(31)20-19(10-13-12-27-17-5-3-2-4-15(13)17)29-25(21(20)23(30)32)16-11-14(26)6-7-18(16)28-24(25)33/h2-7,11-12,19-21,27,29H,8-10H2,1H3,(H,28,33)/t19-,20-,21+,25+/m1/s1. The molecular formula is C25H23FN4O4. The lowest BCUT2D eigenvalue weighted by molar-refractivity contribution is -0.143. The van der Waals surface area contributed by atoms with Crippen LogP contribution >= 0.6 is 0 Å². The molecule has 4 atom stereocenters. The van der Waals surface area contributed by atoms with Gasteiger partial charge >= 0.3 is 0 Å². The Hall–Kier alpha value is -3.56. The van der Waals surface area contributed by atoms with E-state index in [1.54, 1.807) is 0 Å². The number of carbonyl (C=O) groups is 3. The molecule has 3 amide bonds. The fraction of sp³-hybridized carbons (Fsp3) is 0.320. The number of nitrogens with zero attached hydrogens (tertiary/aromatic N) is 1. The van der Waals surface area contributed by atoms with Crippen LogP contribution in [0.5, 0.6) is 0 Å². The van der Waals surface area contributed by atoms with Crippen molar-refractivity contribution >= 4 is 34.3 Å². The number of amides is 3. The third-order valence-corrected chi connectivity index (χ3v) is 7.40. The molecule has 0 saturated carbocycles. The number of nitrogens with one attached hydrogen (secondary N) is 3. The van der Waals surface area contributed by atoms with Gasteiger partial charge in [-0.15, -0.1) is 0 Å². The van der Waals surface area contributed by atoms with E-state index in [-0.39, 0.29) is 19.1 Å². The Labute approximate surface area is 194 Å². The number of hydrogen-bond acceptors (Lipinski definition) is 5. The predicted molar refractivity (Wildman–Crippen MR) is 121 cm³/mol. The molecule has 3 aliphatic rings. The monoisotopic (exact) mass is 462 g/mol. The van der Waals surface area contributed by atoms with Crippen LogP contribution in [-0.4, -0.2) is 53.9 Å². The summed E-state index contributed by atoms with van der Waals surface area (Å²) in [6.07, 6.45) is 2.31. The molecule has 6 rings (SSSR count). The number of hydrogen-bond donors (Lipinski definition) is 3. The summed E-state index contributed by atoms with van der Waals surface area (Å²) in [6.45, 7) is 0.302. The van der Waals surface area contributed by atoms with Gasteiger partial charge in [-0.25, -0.2) is 4.39 Å². The number of para-hydroxylation sites is 1. The lowest BCUT2D eigenvalue weighted by Crippen LogP contribution is -2.53. The zero-order chi connectivity index (χ0) is 23.6. The van der Waals surface area contributed by atoms with Crippen molar-refractivity contribution < 1.29 is 23.5 Å². The third-order valence-electron chi connectivity index (χ3n) is 7.40. The largest absolute Gasteiger partial charge is 0.383 e. The number of ether oxygens (including phenoxy) is 1. The third kappa shape index (κ3) is 2.74. The lowest BCUT2D eigenvalue weighted by atomic mass is 9.76. The Morgan fingerprint density at radius 3 is 2.76 bits per heavy atom. The second kappa shape index (κ2) is 7.48. The molecule has 8 nitrogen and oxygen atoms in total. The van der Waals surface area contributed by atoms with E-state index in [2.05, 4.69) is 15.6 Å². The minimum Gasteiger partial charge on any atom is -0.383 e. The SMILES string of the molecule is COCCN1C(=O)[C@H]2[C@@H](C1=O)[C@]1(N[C@@H]2Cc2c[nH]c3ccccc23)C(=O)Nc2ccc(F)cc21. The number of aromatic amines is 1. The number of fused-ring (bicyclic) bond motifs is 5. The molecule has 1 spiro atoms. The molecule has 0 radical (unpaired) electrons. The molecular weight excluding hydrogens is 439 g/mol. The van der Waals surface area contributed by atoms with Crippen molar-refractivity contribution in [2.45, 2.75) is 18.0 Å². The van der Waals surface area contributed by atoms with Crippen molar-refractivity contribution in [1.82, 2.24) is 15.2 Å². The van der Waals surface area contributed by atoms with E-state index in [0.717, 1.165) is 16.5 Å². The maximum Gasteiger partial charge on any atom is 0.250 e. The van der Waals surface area contributed by atoms with E-state index in [1.807, 2.05) is 30.5 Å². The van der Waals surface area contributed by atoms with Gasteiger partial charge in [0.25, 0.3) is 0 Å². The summed E-state index contributed by atoms with van der Waals surface area (Å²) in [5.74, 6) is -3.47. The van der Waals surface area contributed by atoms with Crippen LogP contribution < -0.4 is 10.6 Å². The molecule has 0 aliphatic carbocycles. The predicted octanol–water partition coefficient (Wildman–Crippen LogP) is 1.92. The summed E-state index contributed by atoms with van der Waals surface area (Å²) in [7, 11) is 1.50. The highest BCUT2D eigenvalue weighted by molar-refractivity contribution is 6.15. The second-order valence-corrected chi connectivity index (χ2v) is 9.09. The molecule has 174 valence electrons. The summed E-state index contributed by atoms with van der Waals surface area (Å²) in [5.41, 5.74) is 1.22. The molecule has 34 heavy (non-hydrogen) atoms. The summed E-state index contributed by atoms with van der Waals surface area (Å²) in [4.78, 5) is 45.0. The Morgan fingerprint density at radius 2 is 1.94 bits per heavy atom. The fourth-order valence-electron chi connectivity index (χ4n) is 5.95. The summed E-state index contributed by atoms with van der Waals surface area (Å²) in [6, 6.07) is 11.4. The summed E-state index contributed by atoms with van der Waals surface area (Å²) in [5, 5.41) is 7.15. The number of carbonyl (C=O) groups excluding carboxylic acids is 3. The highest BCUT2D eigenvalue weighted by atomic mass is 19.1. The van der Waals surface area contributed by atoms with Crippen LogP contribution in [-0.2, 0) is 31.1 Å². The molecule has 9 heteroatoms. The number of aromatic nitrogens is 1. The van der Waals surface area contributed by atoms with Crippen molar-refractivity contribution in [1.29, 1.82) is 0 Å². The highest BCUT2D eigenvalue weighted by Gasteiger charge is 2.70. The number of H-pyrrole nitrogens is 1. The molecule has 4 heterocycles. The first-order valence-corrected chi connectivity index (χ1v) is 11.2. The number of likely N-dealkylation sites (tertiary alicyclic amines) is 1. The van der Waals surface area contributed by atoms with Gasteiger partial charge < -0.3 is 15.0 Å². The van der Waals surface area contributed by atoms with Crippen LogP contribution in [0.25, 0.3) is 10.9 Å². The Bertz CT molecular complexity index is 1350. The molecule has 3 N–H and O–H groups in total. The molecule has 0 bridgehead atoms. The smallest absolute Gasteiger partial charge is 0.250 e. The normalized spacial score (nSPS) is 27.6. The van der Waals surface area contributed by atoms with Crippen molar-refractivity contribution in [3.8, 4) is 0 Å². The first-order chi connectivity index (χ1) is 16.5. The van der Waals surface area contributed by atoms with Crippen LogP contribution in [0.2, 0.25) is 0 Å². The highest BCUT2D eigenvalue weighted by Crippen LogP contribution is 2.53. The van der Waals surface area contributed by atoms with Gasteiger partial charge in [0.1, 0.15) is 11.4 Å². The number of anilines is 1. The van der Waals surface area contributed by atoms with E-state index >= 15 is 0 Å². The number of rotatable bonds is 5. The number of imide groups is 1. The quantitative estimate of drug-likeness (QED) is 0.503. The maximum absolute atomic E-state index is 14.3. The van der Waals surface area contributed by atoms with Gasteiger partial charge in [-0.2, -0.15) is 0 Å². The van der Waals surface area contributed by atoms with Crippen LogP contribution in [0.3, 0.4) is 0 Å². The summed E-state index contributed by atoms with van der Waals surface area (Å²) < 4.78 is 19.4. The Balaban J connectivity index is 1.47. The van der Waals surface area contributed by atoms with E-state index in [0.29, 0.717) is 17.7 Å². The van der Waals surface area contributed by atoms with Gasteiger partial charge in [-0.05, 0) is 36.2 Å². The molecule has 2 saturated heterocycles. The van der Waals surface area contributed by atoms with Crippen LogP contribution in [0.4, 0.5) is 10.1 Å². The Morgan fingerprint density at radius 1 is 1.12 bits per heavy atom. The number of halogens is 1. The zero-order valence-corrected chi connectivity index (χ0v) is 18.4. The fourth-order valence-corrected chi connectivity index (χ4v) is 5.95. The van der Waals surface area contributed by atoms with E-state index in [1.165, 1.54) is 30.2 Å². The minimum atomic E-state index is -1.52. The van der Waals surface area contributed by atoms with Gasteiger partial charge in [0.15, 0.2) is 0 Å². The Kier molecular flexibility index (Phi) is 4.62. The zero-order valence-electron chi connectivity index (χ0n) is 18.4. The summed E-state index contributed by atoms with van der Waals surface area (Å²) >= 11 is 0. The molecule has 1 aromatic heterocycles. The van der Waals surface area contributed by atoms with E-state index in [9.17, 15) is 18.8 Å². The average molecular weight is 462 g/mol. The van der Waals surface area contributed by atoms with Crippen molar-refractivity contribution in [3.63, 3.8) is 0 Å². The van der Waals surface area contributed by atoms with E-state index in [4.69, 9.17) is 4.74 Å². The number of benzene rings is 2. The topological polar surface area (TPSA) is 104 Å². The average Bonchev–Trinajstić information content (AvgIpc) is 3.53. The molecule has 3 aromatic rings.